The van der Waals surface area contributed by atoms with Crippen LogP contribution in [0.25, 0.3) is 0 Å². The molecule has 154 valence electrons. The zero-order chi connectivity index (χ0) is 20.1. The van der Waals surface area contributed by atoms with Crippen molar-refractivity contribution < 1.29 is 9.13 Å². The van der Waals surface area contributed by atoms with Crippen LogP contribution in [0.2, 0.25) is 0 Å². The molecule has 1 aromatic heterocycles. The van der Waals surface area contributed by atoms with Crippen LogP contribution in [0, 0.1) is 5.82 Å². The zero-order valence-electron chi connectivity index (χ0n) is 16.5. The Balaban J connectivity index is 1.28. The molecule has 4 rings (SSSR count). The van der Waals surface area contributed by atoms with E-state index in [0.717, 1.165) is 69.6 Å². The lowest BCUT2D eigenvalue weighted by atomic mass is 10.2. The molecule has 1 aromatic carbocycles. The molecule has 0 radical (unpaired) electrons. The first-order valence-corrected chi connectivity index (χ1v) is 10.0. The minimum absolute atomic E-state index is 0.212. The molecule has 0 saturated carbocycles. The predicted molar refractivity (Wildman–Crippen MR) is 113 cm³/mol. The summed E-state index contributed by atoms with van der Waals surface area (Å²) < 4.78 is 18.5. The van der Waals surface area contributed by atoms with Crippen LogP contribution in [0.5, 0.6) is 0 Å². The number of rotatable bonds is 4. The molecule has 2 fully saturated rings. The van der Waals surface area contributed by atoms with Gasteiger partial charge in [0.25, 0.3) is 0 Å². The Morgan fingerprint density at radius 2 is 1.69 bits per heavy atom. The van der Waals surface area contributed by atoms with Crippen LogP contribution in [0.15, 0.2) is 47.6 Å². The standard InChI is InChI=1S/C21H27FN6O/c22-18-2-4-19(5-3-18)26-7-9-28(10-8-26)21(23)25-16-17-1-6-20(24-15-17)27-11-13-29-14-12-27/h1-6,15H,7-14,16H2,(H2,23,25). The number of nitrogens with two attached hydrogens (primary N) is 1. The van der Waals surface area contributed by atoms with E-state index in [1.54, 1.807) is 0 Å². The van der Waals surface area contributed by atoms with Gasteiger partial charge in [-0.25, -0.2) is 14.4 Å². The van der Waals surface area contributed by atoms with Gasteiger partial charge in [0, 0.05) is 51.2 Å². The van der Waals surface area contributed by atoms with E-state index in [1.165, 1.54) is 12.1 Å². The summed E-state index contributed by atoms with van der Waals surface area (Å²) in [7, 11) is 0. The molecule has 7 nitrogen and oxygen atoms in total. The van der Waals surface area contributed by atoms with Crippen molar-refractivity contribution in [3.63, 3.8) is 0 Å². The molecular weight excluding hydrogens is 371 g/mol. The molecule has 0 unspecified atom stereocenters. The molecule has 0 spiro atoms. The molecule has 0 atom stereocenters. The average Bonchev–Trinajstić information content (AvgIpc) is 2.79. The van der Waals surface area contributed by atoms with Gasteiger partial charge in [-0.2, -0.15) is 0 Å². The van der Waals surface area contributed by atoms with Gasteiger partial charge in [-0.3, -0.25) is 0 Å². The molecule has 2 saturated heterocycles. The van der Waals surface area contributed by atoms with Crippen molar-refractivity contribution in [3.8, 4) is 0 Å². The maximum absolute atomic E-state index is 13.1. The van der Waals surface area contributed by atoms with Crippen molar-refractivity contribution in [2.75, 3.05) is 62.3 Å². The SMILES string of the molecule is NC(=NCc1ccc(N2CCOCC2)nc1)N1CCN(c2ccc(F)cc2)CC1. The summed E-state index contributed by atoms with van der Waals surface area (Å²) in [6.45, 7) is 7.01. The van der Waals surface area contributed by atoms with Gasteiger partial charge in [0.1, 0.15) is 11.6 Å². The highest BCUT2D eigenvalue weighted by atomic mass is 19.1. The Morgan fingerprint density at radius 1 is 0.966 bits per heavy atom. The normalized spacial score (nSPS) is 18.2. The van der Waals surface area contributed by atoms with Crippen molar-refractivity contribution in [2.24, 2.45) is 10.7 Å². The van der Waals surface area contributed by atoms with Crippen molar-refractivity contribution in [1.82, 2.24) is 9.88 Å². The van der Waals surface area contributed by atoms with Gasteiger partial charge in [0.05, 0.1) is 19.8 Å². The number of benzene rings is 1. The number of hydrogen-bond acceptors (Lipinski definition) is 5. The predicted octanol–water partition coefficient (Wildman–Crippen LogP) is 1.69. The monoisotopic (exact) mass is 398 g/mol. The van der Waals surface area contributed by atoms with E-state index in [9.17, 15) is 4.39 Å². The summed E-state index contributed by atoms with van der Waals surface area (Å²) in [5, 5.41) is 0. The van der Waals surface area contributed by atoms with Gasteiger partial charge in [0.15, 0.2) is 5.96 Å². The molecule has 2 N–H and O–H groups in total. The van der Waals surface area contributed by atoms with E-state index in [-0.39, 0.29) is 5.82 Å². The second-order valence-corrected chi connectivity index (χ2v) is 7.25. The van der Waals surface area contributed by atoms with Crippen molar-refractivity contribution >= 4 is 17.5 Å². The Labute approximate surface area is 170 Å². The Kier molecular flexibility index (Phi) is 6.09. The molecule has 3 heterocycles. The Morgan fingerprint density at radius 3 is 2.34 bits per heavy atom. The molecule has 8 heteroatoms. The van der Waals surface area contributed by atoms with Crippen LogP contribution in [-0.2, 0) is 11.3 Å². The summed E-state index contributed by atoms with van der Waals surface area (Å²) in [5.41, 5.74) is 8.28. The fraction of sp³-hybridized carbons (Fsp3) is 0.429. The van der Waals surface area contributed by atoms with Crippen LogP contribution in [0.4, 0.5) is 15.9 Å². The third-order valence-electron chi connectivity index (χ3n) is 5.36. The third kappa shape index (κ3) is 4.95. The first kappa shape index (κ1) is 19.4. The maximum Gasteiger partial charge on any atom is 0.191 e. The van der Waals surface area contributed by atoms with Crippen LogP contribution in [0.3, 0.4) is 0 Å². The minimum atomic E-state index is -0.212. The van der Waals surface area contributed by atoms with E-state index < -0.39 is 0 Å². The van der Waals surface area contributed by atoms with E-state index in [4.69, 9.17) is 10.5 Å². The van der Waals surface area contributed by atoms with Crippen molar-refractivity contribution in [3.05, 3.63) is 54.0 Å². The number of guanidine groups is 1. The van der Waals surface area contributed by atoms with Gasteiger partial charge < -0.3 is 25.2 Å². The molecule has 0 bridgehead atoms. The average molecular weight is 398 g/mol. The number of hydrogen-bond donors (Lipinski definition) is 1. The number of piperazine rings is 1. The number of aromatic nitrogens is 1. The van der Waals surface area contributed by atoms with Crippen molar-refractivity contribution in [1.29, 1.82) is 0 Å². The molecule has 0 amide bonds. The zero-order valence-corrected chi connectivity index (χ0v) is 16.5. The van der Waals surface area contributed by atoms with Gasteiger partial charge in [0.2, 0.25) is 0 Å². The van der Waals surface area contributed by atoms with Crippen LogP contribution < -0.4 is 15.5 Å². The number of aliphatic imine (C=N–C) groups is 1. The summed E-state index contributed by atoms with van der Waals surface area (Å²) in [6.07, 6.45) is 1.87. The summed E-state index contributed by atoms with van der Waals surface area (Å²) in [5.74, 6) is 1.32. The Hall–Kier alpha value is -2.87. The lowest BCUT2D eigenvalue weighted by Crippen LogP contribution is -2.51. The summed E-state index contributed by atoms with van der Waals surface area (Å²) >= 11 is 0. The molecule has 2 aliphatic rings. The Bertz CT molecular complexity index is 812. The highest BCUT2D eigenvalue weighted by Crippen LogP contribution is 2.17. The number of pyridine rings is 1. The minimum Gasteiger partial charge on any atom is -0.378 e. The highest BCUT2D eigenvalue weighted by Gasteiger charge is 2.18. The number of anilines is 2. The molecule has 2 aliphatic heterocycles. The summed E-state index contributed by atoms with van der Waals surface area (Å²) in [6, 6.07) is 10.7. The second kappa shape index (κ2) is 9.09. The smallest absolute Gasteiger partial charge is 0.191 e. The lowest BCUT2D eigenvalue weighted by molar-refractivity contribution is 0.122. The number of halogens is 1. The molecule has 29 heavy (non-hydrogen) atoms. The largest absolute Gasteiger partial charge is 0.378 e. The van der Waals surface area contributed by atoms with Gasteiger partial charge in [-0.05, 0) is 35.9 Å². The lowest BCUT2D eigenvalue weighted by Gasteiger charge is -2.36. The summed E-state index contributed by atoms with van der Waals surface area (Å²) in [4.78, 5) is 15.7. The number of ether oxygens (including phenoxy) is 1. The quantitative estimate of drug-likeness (QED) is 0.624. The first-order chi connectivity index (χ1) is 14.2. The second-order valence-electron chi connectivity index (χ2n) is 7.25. The van der Waals surface area contributed by atoms with E-state index in [2.05, 4.69) is 30.7 Å². The first-order valence-electron chi connectivity index (χ1n) is 10.0. The molecular formula is C21H27FN6O. The van der Waals surface area contributed by atoms with Crippen LogP contribution in [-0.4, -0.2) is 68.3 Å². The number of morpholine rings is 1. The van der Waals surface area contributed by atoms with Crippen molar-refractivity contribution in [2.45, 2.75) is 6.54 Å². The highest BCUT2D eigenvalue weighted by molar-refractivity contribution is 5.78. The fourth-order valence-electron chi connectivity index (χ4n) is 3.61. The van der Waals surface area contributed by atoms with Gasteiger partial charge >= 0.3 is 0 Å². The third-order valence-corrected chi connectivity index (χ3v) is 5.36. The van der Waals surface area contributed by atoms with Crippen LogP contribution >= 0.6 is 0 Å². The molecule has 0 aliphatic carbocycles. The van der Waals surface area contributed by atoms with E-state index >= 15 is 0 Å². The number of nitrogens with zero attached hydrogens (tertiary/aromatic N) is 5. The maximum atomic E-state index is 13.1. The van der Waals surface area contributed by atoms with Gasteiger partial charge in [-0.1, -0.05) is 6.07 Å². The molecule has 2 aromatic rings. The fourth-order valence-corrected chi connectivity index (χ4v) is 3.61. The van der Waals surface area contributed by atoms with E-state index in [0.29, 0.717) is 12.5 Å². The van der Waals surface area contributed by atoms with Crippen LogP contribution in [0.1, 0.15) is 5.56 Å². The van der Waals surface area contributed by atoms with E-state index in [1.807, 2.05) is 24.4 Å². The van der Waals surface area contributed by atoms with Gasteiger partial charge in [-0.15, -0.1) is 0 Å². The topological polar surface area (TPSA) is 70.2 Å².